The molecule has 0 atom stereocenters. The first kappa shape index (κ1) is 22.8. The van der Waals surface area contributed by atoms with E-state index >= 15 is 0 Å². The number of hydrogen-bond acceptors (Lipinski definition) is 1. The lowest BCUT2D eigenvalue weighted by Gasteiger charge is -2.11. The highest BCUT2D eigenvalue weighted by atomic mass is 16.3. The van der Waals surface area contributed by atoms with Crippen molar-refractivity contribution in [2.24, 2.45) is 0 Å². The van der Waals surface area contributed by atoms with Crippen molar-refractivity contribution in [3.8, 4) is 11.4 Å². The molecule has 3 heterocycles. The maximum atomic E-state index is 6.37. The van der Waals surface area contributed by atoms with Crippen LogP contribution in [-0.2, 0) is 0 Å². The quantitative estimate of drug-likeness (QED) is 0.211. The normalized spacial score (nSPS) is 12.2. The molecule has 43 heavy (non-hydrogen) atoms. The minimum absolute atomic E-state index is 0.916. The van der Waals surface area contributed by atoms with Crippen LogP contribution >= 0.6 is 0 Å². The van der Waals surface area contributed by atoms with Crippen LogP contribution in [0.3, 0.4) is 0 Å². The SMILES string of the molecule is c1ccc(-n2c3cc4c(cc3c3cc5c6ccccc6n(-c6ccc7ccccc7c6)c5cc32)oc2ccccc24)cc1. The highest BCUT2D eigenvalue weighted by Crippen LogP contribution is 2.42. The van der Waals surface area contributed by atoms with Crippen LogP contribution in [0.4, 0.5) is 0 Å². The van der Waals surface area contributed by atoms with E-state index in [0.29, 0.717) is 0 Å². The molecule has 3 heteroatoms. The third-order valence-electron chi connectivity index (χ3n) is 9.06. The van der Waals surface area contributed by atoms with Crippen molar-refractivity contribution in [3.63, 3.8) is 0 Å². The molecule has 0 amide bonds. The Hall–Kier alpha value is -5.80. The minimum atomic E-state index is 0.916. The van der Waals surface area contributed by atoms with E-state index in [-0.39, 0.29) is 0 Å². The molecule has 10 rings (SSSR count). The summed E-state index contributed by atoms with van der Waals surface area (Å²) in [5.74, 6) is 0. The van der Waals surface area contributed by atoms with Crippen LogP contribution in [0.2, 0.25) is 0 Å². The van der Waals surface area contributed by atoms with Gasteiger partial charge in [0.25, 0.3) is 0 Å². The van der Waals surface area contributed by atoms with Gasteiger partial charge in [-0.25, -0.2) is 0 Å². The molecule has 0 spiro atoms. The molecule has 0 saturated carbocycles. The zero-order chi connectivity index (χ0) is 28.1. The number of aromatic nitrogens is 2. The van der Waals surface area contributed by atoms with Crippen LogP contribution in [0.5, 0.6) is 0 Å². The van der Waals surface area contributed by atoms with Gasteiger partial charge in [0.1, 0.15) is 11.2 Å². The van der Waals surface area contributed by atoms with Gasteiger partial charge in [0, 0.05) is 43.7 Å². The maximum absolute atomic E-state index is 6.37. The van der Waals surface area contributed by atoms with Crippen LogP contribution < -0.4 is 0 Å². The second-order valence-electron chi connectivity index (χ2n) is 11.4. The lowest BCUT2D eigenvalue weighted by Crippen LogP contribution is -1.96. The molecule has 0 saturated heterocycles. The standard InChI is InChI=1S/C40H24N2O/c1-2-12-27(13-3-1)41-36-22-34-30-15-7-9-17-39(30)43-40(34)23-33(36)32-21-31-29-14-6-8-16-35(29)42(37(31)24-38(32)41)28-19-18-25-10-4-5-11-26(25)20-28/h1-24H. The van der Waals surface area contributed by atoms with E-state index in [1.165, 1.54) is 54.4 Å². The lowest BCUT2D eigenvalue weighted by molar-refractivity contribution is 0.669. The van der Waals surface area contributed by atoms with Crippen molar-refractivity contribution in [2.45, 2.75) is 0 Å². The predicted octanol–water partition coefficient (Wildman–Crippen LogP) is 10.9. The summed E-state index contributed by atoms with van der Waals surface area (Å²) >= 11 is 0. The van der Waals surface area contributed by atoms with Crippen LogP contribution in [0, 0.1) is 0 Å². The molecule has 3 aromatic heterocycles. The maximum Gasteiger partial charge on any atom is 0.136 e. The lowest BCUT2D eigenvalue weighted by atomic mass is 10.1. The van der Waals surface area contributed by atoms with Gasteiger partial charge in [0.05, 0.1) is 22.1 Å². The molecule has 7 aromatic carbocycles. The van der Waals surface area contributed by atoms with Crippen molar-refractivity contribution < 1.29 is 4.42 Å². The smallest absolute Gasteiger partial charge is 0.136 e. The molecule has 0 aliphatic rings. The largest absolute Gasteiger partial charge is 0.456 e. The van der Waals surface area contributed by atoms with E-state index in [1.54, 1.807) is 0 Å². The summed E-state index contributed by atoms with van der Waals surface area (Å²) < 4.78 is 11.2. The average molecular weight is 549 g/mol. The van der Waals surface area contributed by atoms with Crippen molar-refractivity contribution in [1.29, 1.82) is 0 Å². The molecule has 0 fully saturated rings. The molecule has 0 aliphatic heterocycles. The Bertz CT molecular complexity index is 2720. The van der Waals surface area contributed by atoms with E-state index in [4.69, 9.17) is 4.42 Å². The molecule has 0 N–H and O–H groups in total. The Kier molecular flexibility index (Phi) is 4.45. The van der Waals surface area contributed by atoms with Gasteiger partial charge in [-0.15, -0.1) is 0 Å². The number of fused-ring (bicyclic) bond motifs is 10. The summed E-state index contributed by atoms with van der Waals surface area (Å²) in [6.07, 6.45) is 0. The molecule has 10 aromatic rings. The van der Waals surface area contributed by atoms with Crippen molar-refractivity contribution >= 4 is 76.3 Å². The van der Waals surface area contributed by atoms with E-state index in [2.05, 4.69) is 149 Å². The predicted molar refractivity (Wildman–Crippen MR) is 180 cm³/mol. The Morgan fingerprint density at radius 2 is 0.977 bits per heavy atom. The van der Waals surface area contributed by atoms with Crippen molar-refractivity contribution in [2.75, 3.05) is 0 Å². The Balaban J connectivity index is 1.38. The zero-order valence-electron chi connectivity index (χ0n) is 23.2. The number of furan rings is 1. The van der Waals surface area contributed by atoms with Gasteiger partial charge in [-0.1, -0.05) is 84.9 Å². The van der Waals surface area contributed by atoms with Gasteiger partial charge >= 0.3 is 0 Å². The van der Waals surface area contributed by atoms with Crippen LogP contribution in [0.15, 0.2) is 150 Å². The van der Waals surface area contributed by atoms with Crippen molar-refractivity contribution in [1.82, 2.24) is 9.13 Å². The molecule has 0 unspecified atom stereocenters. The zero-order valence-corrected chi connectivity index (χ0v) is 23.2. The summed E-state index contributed by atoms with van der Waals surface area (Å²) in [4.78, 5) is 0. The van der Waals surface area contributed by atoms with Crippen molar-refractivity contribution in [3.05, 3.63) is 146 Å². The molecule has 0 radical (unpaired) electrons. The van der Waals surface area contributed by atoms with Gasteiger partial charge in [0.2, 0.25) is 0 Å². The summed E-state index contributed by atoms with van der Waals surface area (Å²) in [5, 5.41) is 9.66. The molecule has 3 nitrogen and oxygen atoms in total. The average Bonchev–Trinajstić information content (AvgIpc) is 3.69. The van der Waals surface area contributed by atoms with E-state index in [1.807, 2.05) is 6.07 Å². The molecular formula is C40H24N2O. The van der Waals surface area contributed by atoms with Gasteiger partial charge in [-0.3, -0.25) is 0 Å². The fourth-order valence-corrected chi connectivity index (χ4v) is 7.14. The van der Waals surface area contributed by atoms with E-state index < -0.39 is 0 Å². The van der Waals surface area contributed by atoms with Gasteiger partial charge in [-0.05, 0) is 71.4 Å². The number of hydrogen-bond donors (Lipinski definition) is 0. The summed E-state index contributed by atoms with van der Waals surface area (Å²) in [6.45, 7) is 0. The Morgan fingerprint density at radius 1 is 0.326 bits per heavy atom. The third-order valence-corrected chi connectivity index (χ3v) is 9.06. The number of benzene rings is 7. The monoisotopic (exact) mass is 548 g/mol. The van der Waals surface area contributed by atoms with Gasteiger partial charge in [-0.2, -0.15) is 0 Å². The number of rotatable bonds is 2. The molecule has 0 aliphatic carbocycles. The Labute approximate surface area is 246 Å². The highest BCUT2D eigenvalue weighted by molar-refractivity contribution is 6.22. The van der Waals surface area contributed by atoms with Gasteiger partial charge < -0.3 is 13.6 Å². The molecular weight excluding hydrogens is 524 g/mol. The minimum Gasteiger partial charge on any atom is -0.456 e. The third kappa shape index (κ3) is 3.14. The van der Waals surface area contributed by atoms with Crippen LogP contribution in [0.25, 0.3) is 87.7 Å². The van der Waals surface area contributed by atoms with E-state index in [0.717, 1.165) is 33.3 Å². The summed E-state index contributed by atoms with van der Waals surface area (Å²) in [7, 11) is 0. The summed E-state index contributed by atoms with van der Waals surface area (Å²) in [5.41, 5.74) is 8.89. The molecule has 0 bridgehead atoms. The fourth-order valence-electron chi connectivity index (χ4n) is 7.14. The van der Waals surface area contributed by atoms with Crippen LogP contribution in [-0.4, -0.2) is 9.13 Å². The molecule has 200 valence electrons. The van der Waals surface area contributed by atoms with Gasteiger partial charge in [0.15, 0.2) is 0 Å². The number of para-hydroxylation sites is 3. The topological polar surface area (TPSA) is 23.0 Å². The summed E-state index contributed by atoms with van der Waals surface area (Å²) in [6, 6.07) is 52.4. The second-order valence-corrected chi connectivity index (χ2v) is 11.4. The van der Waals surface area contributed by atoms with Crippen LogP contribution in [0.1, 0.15) is 0 Å². The fraction of sp³-hybridized carbons (Fsp3) is 0. The first-order chi connectivity index (χ1) is 21.3. The Morgan fingerprint density at radius 3 is 1.86 bits per heavy atom. The highest BCUT2D eigenvalue weighted by Gasteiger charge is 2.20. The van der Waals surface area contributed by atoms with E-state index in [9.17, 15) is 0 Å². The number of nitrogens with zero attached hydrogens (tertiary/aromatic N) is 2. The first-order valence-electron chi connectivity index (χ1n) is 14.7. The first-order valence-corrected chi connectivity index (χ1v) is 14.7. The second kappa shape index (κ2) is 8.37.